The molecule has 0 unspecified atom stereocenters. The maximum atomic E-state index is 12.0. The molecule has 1 atom stereocenters. The number of amides is 1. The van der Waals surface area contributed by atoms with Gasteiger partial charge in [-0.3, -0.25) is 19.7 Å². The number of thiophene rings is 1. The van der Waals surface area contributed by atoms with Crippen molar-refractivity contribution in [3.63, 3.8) is 0 Å². The van der Waals surface area contributed by atoms with Gasteiger partial charge in [-0.05, 0) is 23.4 Å². The summed E-state index contributed by atoms with van der Waals surface area (Å²) in [5, 5.41) is 24.3. The highest BCUT2D eigenvalue weighted by Gasteiger charge is 2.17. The number of rotatable bonds is 8. The van der Waals surface area contributed by atoms with Crippen molar-refractivity contribution in [3.05, 3.63) is 62.3 Å². The molecular weight excluding hydrogens is 332 g/mol. The lowest BCUT2D eigenvalue weighted by Crippen LogP contribution is -2.38. The zero-order valence-corrected chi connectivity index (χ0v) is 13.5. The number of benzene rings is 1. The highest BCUT2D eigenvalue weighted by molar-refractivity contribution is 7.10. The Hall–Kier alpha value is -2.74. The Balaban J connectivity index is 2.00. The molecule has 0 radical (unpaired) electrons. The summed E-state index contributed by atoms with van der Waals surface area (Å²) >= 11 is 1.46. The number of carboxylic acids is 1. The smallest absolute Gasteiger partial charge is 0.305 e. The number of aliphatic carboxylic acids is 1. The lowest BCUT2D eigenvalue weighted by atomic mass is 10.0. The van der Waals surface area contributed by atoms with Crippen LogP contribution in [0, 0.1) is 10.1 Å². The van der Waals surface area contributed by atoms with E-state index in [-0.39, 0.29) is 24.4 Å². The minimum absolute atomic E-state index is 0.0322. The summed E-state index contributed by atoms with van der Waals surface area (Å²) in [4.78, 5) is 34.1. The molecule has 1 amide bonds. The van der Waals surface area contributed by atoms with Gasteiger partial charge in [-0.25, -0.2) is 0 Å². The average Bonchev–Trinajstić information content (AvgIpc) is 2.99. The van der Waals surface area contributed by atoms with E-state index in [4.69, 9.17) is 5.11 Å². The fourth-order valence-corrected chi connectivity index (χ4v) is 2.98. The van der Waals surface area contributed by atoms with Crippen molar-refractivity contribution in [2.45, 2.75) is 25.3 Å². The zero-order valence-electron chi connectivity index (χ0n) is 12.7. The first-order valence-corrected chi connectivity index (χ1v) is 8.09. The van der Waals surface area contributed by atoms with E-state index in [9.17, 15) is 19.7 Å². The molecule has 2 aromatic rings. The molecule has 1 aromatic carbocycles. The van der Waals surface area contributed by atoms with Gasteiger partial charge in [-0.1, -0.05) is 18.2 Å². The molecule has 2 rings (SSSR count). The van der Waals surface area contributed by atoms with Crippen LogP contribution < -0.4 is 5.32 Å². The second-order valence-electron chi connectivity index (χ2n) is 5.25. The van der Waals surface area contributed by atoms with E-state index in [0.29, 0.717) is 6.42 Å². The predicted octanol–water partition coefficient (Wildman–Crippen LogP) is 2.40. The summed E-state index contributed by atoms with van der Waals surface area (Å²) in [6, 6.07) is 8.97. The molecule has 0 spiro atoms. The summed E-state index contributed by atoms with van der Waals surface area (Å²) in [6.07, 6.45) is 0.279. The molecular formula is C16H16N2O5S. The Kier molecular flexibility index (Phi) is 6.02. The van der Waals surface area contributed by atoms with Crippen molar-refractivity contribution in [2.75, 3.05) is 0 Å². The Morgan fingerprint density at radius 2 is 1.96 bits per heavy atom. The van der Waals surface area contributed by atoms with Gasteiger partial charge in [0.15, 0.2) is 0 Å². The largest absolute Gasteiger partial charge is 0.481 e. The average molecular weight is 348 g/mol. The van der Waals surface area contributed by atoms with E-state index in [1.807, 2.05) is 17.5 Å². The summed E-state index contributed by atoms with van der Waals surface area (Å²) in [5.74, 6) is -1.26. The van der Waals surface area contributed by atoms with Crippen LogP contribution in [0.15, 0.2) is 41.8 Å². The van der Waals surface area contributed by atoms with Crippen LogP contribution in [0.4, 0.5) is 5.69 Å². The summed E-state index contributed by atoms with van der Waals surface area (Å²) < 4.78 is 0. The molecule has 2 N–H and O–H groups in total. The van der Waals surface area contributed by atoms with E-state index < -0.39 is 16.9 Å². The van der Waals surface area contributed by atoms with Crippen LogP contribution in [-0.4, -0.2) is 27.9 Å². The molecule has 0 fully saturated rings. The fraction of sp³-hybridized carbons (Fsp3) is 0.250. The van der Waals surface area contributed by atoms with Crippen molar-refractivity contribution in [3.8, 4) is 0 Å². The SMILES string of the molecule is O=C(O)C[C@H](Cc1ccc([N+](=O)[O-])cc1)NC(=O)Cc1cccs1. The maximum Gasteiger partial charge on any atom is 0.305 e. The molecule has 1 aromatic heterocycles. The highest BCUT2D eigenvalue weighted by Crippen LogP contribution is 2.14. The zero-order chi connectivity index (χ0) is 17.5. The van der Waals surface area contributed by atoms with E-state index in [1.54, 1.807) is 12.1 Å². The lowest BCUT2D eigenvalue weighted by molar-refractivity contribution is -0.384. The number of non-ortho nitro benzene ring substituents is 1. The molecule has 0 aliphatic rings. The Bertz CT molecular complexity index is 713. The lowest BCUT2D eigenvalue weighted by Gasteiger charge is -2.17. The number of hydrogen-bond acceptors (Lipinski definition) is 5. The first kappa shape index (κ1) is 17.6. The molecule has 126 valence electrons. The highest BCUT2D eigenvalue weighted by atomic mass is 32.1. The first-order valence-electron chi connectivity index (χ1n) is 7.21. The van der Waals surface area contributed by atoms with Gasteiger partial charge in [0.2, 0.25) is 5.91 Å². The van der Waals surface area contributed by atoms with Gasteiger partial charge in [0.25, 0.3) is 5.69 Å². The number of carbonyl (C=O) groups excluding carboxylic acids is 1. The topological polar surface area (TPSA) is 110 Å². The van der Waals surface area contributed by atoms with Gasteiger partial charge >= 0.3 is 5.97 Å². The summed E-state index contributed by atoms with van der Waals surface area (Å²) in [6.45, 7) is 0. The van der Waals surface area contributed by atoms with Gasteiger partial charge in [0.05, 0.1) is 17.8 Å². The van der Waals surface area contributed by atoms with Gasteiger partial charge in [0.1, 0.15) is 0 Å². The quantitative estimate of drug-likeness (QED) is 0.562. The van der Waals surface area contributed by atoms with E-state index in [0.717, 1.165) is 10.4 Å². The molecule has 8 heteroatoms. The molecule has 0 aliphatic heterocycles. The maximum absolute atomic E-state index is 12.0. The third kappa shape index (κ3) is 5.47. The van der Waals surface area contributed by atoms with Crippen molar-refractivity contribution >= 4 is 28.9 Å². The number of hydrogen-bond donors (Lipinski definition) is 2. The molecule has 24 heavy (non-hydrogen) atoms. The number of nitrogens with one attached hydrogen (secondary N) is 1. The normalized spacial score (nSPS) is 11.7. The molecule has 1 heterocycles. The molecule has 0 saturated heterocycles. The van der Waals surface area contributed by atoms with E-state index in [2.05, 4.69) is 5.32 Å². The Labute approximate surface area is 142 Å². The minimum atomic E-state index is -1.02. The minimum Gasteiger partial charge on any atom is -0.481 e. The van der Waals surface area contributed by atoms with Crippen LogP contribution in [0.3, 0.4) is 0 Å². The van der Waals surface area contributed by atoms with Crippen molar-refractivity contribution in [2.24, 2.45) is 0 Å². The van der Waals surface area contributed by atoms with Gasteiger partial charge in [0, 0.05) is 23.1 Å². The number of nitro groups is 1. The van der Waals surface area contributed by atoms with Crippen LogP contribution in [0.25, 0.3) is 0 Å². The first-order chi connectivity index (χ1) is 11.4. The van der Waals surface area contributed by atoms with Gasteiger partial charge in [-0.15, -0.1) is 11.3 Å². The molecule has 7 nitrogen and oxygen atoms in total. The molecule has 0 bridgehead atoms. The second kappa shape index (κ2) is 8.21. The Morgan fingerprint density at radius 3 is 2.50 bits per heavy atom. The standard InChI is InChI=1S/C16H16N2O5S/c19-15(10-14-2-1-7-24-14)17-12(9-16(20)21)8-11-3-5-13(6-4-11)18(22)23/h1-7,12H,8-10H2,(H,17,19)(H,20,21)/t12-/m0/s1. The van der Waals surface area contributed by atoms with Crippen LogP contribution in [0.5, 0.6) is 0 Å². The molecule has 0 aliphatic carbocycles. The van der Waals surface area contributed by atoms with E-state index in [1.165, 1.54) is 23.5 Å². The van der Waals surface area contributed by atoms with Crippen molar-refractivity contribution in [1.82, 2.24) is 5.32 Å². The third-order valence-corrected chi connectivity index (χ3v) is 4.21. The molecule has 0 saturated carbocycles. The monoisotopic (exact) mass is 348 g/mol. The van der Waals surface area contributed by atoms with Crippen molar-refractivity contribution < 1.29 is 19.6 Å². The third-order valence-electron chi connectivity index (χ3n) is 3.33. The summed E-state index contributed by atoms with van der Waals surface area (Å²) in [5.41, 5.74) is 0.693. The second-order valence-corrected chi connectivity index (χ2v) is 6.28. The van der Waals surface area contributed by atoms with Crippen LogP contribution in [0.2, 0.25) is 0 Å². The number of nitro benzene ring substituents is 1. The van der Waals surface area contributed by atoms with Crippen molar-refractivity contribution in [1.29, 1.82) is 0 Å². The number of nitrogens with zero attached hydrogens (tertiary/aromatic N) is 1. The van der Waals surface area contributed by atoms with Gasteiger partial charge in [-0.2, -0.15) is 0 Å². The number of carboxylic acid groups (broad SMARTS) is 1. The van der Waals surface area contributed by atoms with Crippen LogP contribution in [-0.2, 0) is 22.4 Å². The number of carbonyl (C=O) groups is 2. The van der Waals surface area contributed by atoms with E-state index >= 15 is 0 Å². The Morgan fingerprint density at radius 1 is 1.25 bits per heavy atom. The predicted molar refractivity (Wildman–Crippen MR) is 89.0 cm³/mol. The van der Waals surface area contributed by atoms with Crippen LogP contribution in [0.1, 0.15) is 16.9 Å². The van der Waals surface area contributed by atoms with Crippen LogP contribution >= 0.6 is 11.3 Å². The van der Waals surface area contributed by atoms with Gasteiger partial charge < -0.3 is 10.4 Å². The summed E-state index contributed by atoms with van der Waals surface area (Å²) in [7, 11) is 0. The fourth-order valence-electron chi connectivity index (χ4n) is 2.27.